The Morgan fingerprint density at radius 3 is 2.02 bits per heavy atom. The van der Waals surface area contributed by atoms with Gasteiger partial charge in [-0.1, -0.05) is 81.5 Å². The van der Waals surface area contributed by atoms with E-state index in [-0.39, 0.29) is 24.5 Å². The summed E-state index contributed by atoms with van der Waals surface area (Å²) < 4.78 is 5.52. The normalized spacial score (nSPS) is 12.5. The molecule has 0 saturated carbocycles. The molecule has 0 aliphatic rings. The van der Waals surface area contributed by atoms with Crippen LogP contribution in [0.4, 0.5) is 10.5 Å². The summed E-state index contributed by atoms with van der Waals surface area (Å²) in [7, 11) is 0. The van der Waals surface area contributed by atoms with E-state index in [0.29, 0.717) is 23.2 Å². The van der Waals surface area contributed by atoms with Crippen LogP contribution in [0, 0.1) is 6.92 Å². The smallest absolute Gasteiger partial charge is 0.408 e. The average molecular weight is 632 g/mol. The van der Waals surface area contributed by atoms with E-state index in [9.17, 15) is 24.6 Å². The molecule has 0 heterocycles. The highest BCUT2D eigenvalue weighted by Gasteiger charge is 2.36. The number of nitrogens with zero attached hydrogens (tertiary/aromatic N) is 1. The second-order valence-corrected chi connectivity index (χ2v) is 12.7. The van der Waals surface area contributed by atoms with Crippen LogP contribution >= 0.6 is 0 Å². The minimum atomic E-state index is -1.08. The lowest BCUT2D eigenvalue weighted by atomic mass is 9.99. The van der Waals surface area contributed by atoms with E-state index in [2.05, 4.69) is 17.6 Å². The molecule has 0 aliphatic heterocycles. The van der Waals surface area contributed by atoms with Gasteiger partial charge in [0.15, 0.2) is 0 Å². The van der Waals surface area contributed by atoms with Gasteiger partial charge in [-0.2, -0.15) is 0 Å². The number of phenolic OH excluding ortho intramolecular Hbond substituents is 2. The number of benzene rings is 3. The summed E-state index contributed by atoms with van der Waals surface area (Å²) in [5.41, 5.74) is 1.92. The number of amides is 3. The number of phenols is 2. The maximum absolute atomic E-state index is 14.7. The zero-order valence-corrected chi connectivity index (χ0v) is 27.7. The maximum atomic E-state index is 14.7. The highest BCUT2D eigenvalue weighted by molar-refractivity contribution is 5.99. The molecule has 0 saturated heterocycles. The van der Waals surface area contributed by atoms with Crippen LogP contribution in [-0.4, -0.2) is 51.2 Å². The molecular weight excluding hydrogens is 582 g/mol. The van der Waals surface area contributed by atoms with Crippen molar-refractivity contribution >= 4 is 23.6 Å². The predicted octanol–water partition coefficient (Wildman–Crippen LogP) is 7.41. The summed E-state index contributed by atoms with van der Waals surface area (Å²) in [6.45, 7) is 9.53. The summed E-state index contributed by atoms with van der Waals surface area (Å²) in [6.07, 6.45) is 5.20. The van der Waals surface area contributed by atoms with Crippen LogP contribution in [0.2, 0.25) is 0 Å². The largest absolute Gasteiger partial charge is 0.508 e. The monoisotopic (exact) mass is 631 g/mol. The minimum Gasteiger partial charge on any atom is -0.508 e. The quantitative estimate of drug-likeness (QED) is 0.129. The number of para-hydroxylation sites is 1. The van der Waals surface area contributed by atoms with Crippen molar-refractivity contribution in [2.45, 2.75) is 97.2 Å². The van der Waals surface area contributed by atoms with Crippen molar-refractivity contribution in [3.8, 4) is 11.5 Å². The molecule has 9 nitrogen and oxygen atoms in total. The van der Waals surface area contributed by atoms with E-state index in [0.717, 1.165) is 37.7 Å². The van der Waals surface area contributed by atoms with Gasteiger partial charge >= 0.3 is 6.09 Å². The molecule has 0 radical (unpaired) electrons. The number of ether oxygens (including phenoxy) is 1. The van der Waals surface area contributed by atoms with Crippen molar-refractivity contribution in [2.75, 3.05) is 11.9 Å². The molecule has 3 rings (SSSR count). The summed E-state index contributed by atoms with van der Waals surface area (Å²) in [6, 6.07) is 17.9. The Bertz CT molecular complexity index is 1420. The number of carbonyl (C=O) groups is 3. The molecule has 46 heavy (non-hydrogen) atoms. The number of aryl methyl sites for hydroxylation is 1. The topological polar surface area (TPSA) is 128 Å². The van der Waals surface area contributed by atoms with Gasteiger partial charge in [-0.05, 0) is 81.1 Å². The van der Waals surface area contributed by atoms with Crippen LogP contribution in [0.3, 0.4) is 0 Å². The number of alkyl carbamates (subject to hydrolysis) is 1. The van der Waals surface area contributed by atoms with Crippen LogP contribution in [-0.2, 0) is 20.7 Å². The lowest BCUT2D eigenvalue weighted by molar-refractivity contribution is -0.140. The number of hydrogen-bond acceptors (Lipinski definition) is 6. The van der Waals surface area contributed by atoms with Crippen molar-refractivity contribution in [3.63, 3.8) is 0 Å². The molecule has 2 unspecified atom stereocenters. The average Bonchev–Trinajstić information content (AvgIpc) is 2.99. The Balaban J connectivity index is 2.05. The van der Waals surface area contributed by atoms with Gasteiger partial charge in [-0.25, -0.2) is 4.79 Å². The molecule has 0 aliphatic carbocycles. The molecule has 3 aromatic carbocycles. The van der Waals surface area contributed by atoms with Crippen LogP contribution in [0.1, 0.15) is 89.0 Å². The summed E-state index contributed by atoms with van der Waals surface area (Å²) in [5.74, 6) is -0.755. The van der Waals surface area contributed by atoms with Crippen LogP contribution < -0.4 is 10.6 Å². The number of anilines is 1. The lowest BCUT2D eigenvalue weighted by Crippen LogP contribution is -2.53. The number of nitrogens with one attached hydrogen (secondary N) is 2. The minimum absolute atomic E-state index is 0.0346. The van der Waals surface area contributed by atoms with Crippen LogP contribution in [0.15, 0.2) is 72.8 Å². The van der Waals surface area contributed by atoms with E-state index in [1.165, 1.54) is 29.2 Å². The fraction of sp³-hybridized carbons (Fsp3) is 0.432. The SMILES string of the molecule is CCCCCCCCN(C(=O)C(Cc1ccc(O)cc1)NC(=O)OC(C)(C)C)C(C(=O)Nc1ccccc1C)c1ccc(O)cc1. The highest BCUT2D eigenvalue weighted by atomic mass is 16.6. The molecule has 0 aromatic heterocycles. The van der Waals surface area contributed by atoms with E-state index < -0.39 is 35.6 Å². The molecular formula is C37H49N3O6. The van der Waals surface area contributed by atoms with Gasteiger partial charge in [0.1, 0.15) is 29.2 Å². The van der Waals surface area contributed by atoms with Crippen LogP contribution in [0.5, 0.6) is 11.5 Å². The third kappa shape index (κ3) is 11.4. The van der Waals surface area contributed by atoms with E-state index in [1.807, 2.05) is 25.1 Å². The molecule has 0 bridgehead atoms. The van der Waals surface area contributed by atoms with Crippen LogP contribution in [0.25, 0.3) is 0 Å². The second kappa shape index (κ2) is 17.2. The lowest BCUT2D eigenvalue weighted by Gasteiger charge is -2.35. The molecule has 0 spiro atoms. The summed E-state index contributed by atoms with van der Waals surface area (Å²) in [5, 5.41) is 25.6. The van der Waals surface area contributed by atoms with Gasteiger partial charge in [0, 0.05) is 18.7 Å². The molecule has 2 atom stereocenters. The number of rotatable bonds is 15. The molecule has 248 valence electrons. The van der Waals surface area contributed by atoms with Gasteiger partial charge in [0.05, 0.1) is 0 Å². The van der Waals surface area contributed by atoms with Crippen molar-refractivity contribution in [1.29, 1.82) is 0 Å². The van der Waals surface area contributed by atoms with Gasteiger partial charge in [-0.3, -0.25) is 9.59 Å². The maximum Gasteiger partial charge on any atom is 0.408 e. The fourth-order valence-electron chi connectivity index (χ4n) is 5.19. The third-order valence-corrected chi connectivity index (χ3v) is 7.57. The van der Waals surface area contributed by atoms with Crippen molar-refractivity contribution in [3.05, 3.63) is 89.5 Å². The van der Waals surface area contributed by atoms with Gasteiger partial charge in [0.2, 0.25) is 5.91 Å². The van der Waals surface area contributed by atoms with E-state index in [1.54, 1.807) is 51.1 Å². The zero-order chi connectivity index (χ0) is 33.7. The highest BCUT2D eigenvalue weighted by Crippen LogP contribution is 2.28. The molecule has 4 N–H and O–H groups in total. The first-order chi connectivity index (χ1) is 21.9. The first-order valence-electron chi connectivity index (χ1n) is 16.1. The van der Waals surface area contributed by atoms with E-state index in [4.69, 9.17) is 4.74 Å². The zero-order valence-electron chi connectivity index (χ0n) is 27.7. The number of unbranched alkanes of at least 4 members (excludes halogenated alkanes) is 5. The molecule has 3 aromatic rings. The van der Waals surface area contributed by atoms with Gasteiger partial charge in [0.25, 0.3) is 5.91 Å². The third-order valence-electron chi connectivity index (χ3n) is 7.57. The number of hydrogen-bond donors (Lipinski definition) is 4. The first kappa shape index (κ1) is 35.9. The Morgan fingerprint density at radius 1 is 0.826 bits per heavy atom. The van der Waals surface area contributed by atoms with Crippen molar-refractivity contribution in [1.82, 2.24) is 10.2 Å². The summed E-state index contributed by atoms with van der Waals surface area (Å²) >= 11 is 0. The Morgan fingerprint density at radius 2 is 1.41 bits per heavy atom. The second-order valence-electron chi connectivity index (χ2n) is 12.7. The predicted molar refractivity (Wildman–Crippen MR) is 181 cm³/mol. The Labute approximate surface area is 273 Å². The van der Waals surface area contributed by atoms with Gasteiger partial charge < -0.3 is 30.5 Å². The molecule has 0 fully saturated rings. The number of aromatic hydroxyl groups is 2. The van der Waals surface area contributed by atoms with Crippen molar-refractivity contribution in [2.24, 2.45) is 0 Å². The van der Waals surface area contributed by atoms with Crippen molar-refractivity contribution < 1.29 is 29.3 Å². The summed E-state index contributed by atoms with van der Waals surface area (Å²) in [4.78, 5) is 43.4. The van der Waals surface area contributed by atoms with Gasteiger partial charge in [-0.15, -0.1) is 0 Å². The molecule has 9 heteroatoms. The Kier molecular flexibility index (Phi) is 13.5. The van der Waals surface area contributed by atoms with E-state index >= 15 is 0 Å². The standard InChI is InChI=1S/C37H49N3O6/c1-6-7-8-9-10-13-24-40(33(28-18-22-30(42)23-19-28)34(43)38-31-15-12-11-14-26(31)2)35(44)32(39-36(45)46-37(3,4)5)25-27-16-20-29(41)21-17-27/h11-12,14-23,32-33,41-42H,6-10,13,24-25H2,1-5H3,(H,38,43)(H,39,45). The molecule has 3 amide bonds. The number of carbonyl (C=O) groups excluding carboxylic acids is 3. The fourth-order valence-corrected chi connectivity index (χ4v) is 5.19. The first-order valence-corrected chi connectivity index (χ1v) is 16.1. The Hall–Kier alpha value is -4.53.